The molecule has 2 atom stereocenters. The molecule has 19 heavy (non-hydrogen) atoms. The van der Waals surface area contributed by atoms with Crippen LogP contribution in [-0.2, 0) is 9.59 Å². The van der Waals surface area contributed by atoms with Gasteiger partial charge in [-0.05, 0) is 59.7 Å². The number of anilines is 1. The van der Waals surface area contributed by atoms with Gasteiger partial charge in [-0.2, -0.15) is 0 Å². The van der Waals surface area contributed by atoms with Crippen LogP contribution in [0.3, 0.4) is 0 Å². The molecule has 1 amide bonds. The Morgan fingerprint density at radius 3 is 2.26 bits per heavy atom. The maximum absolute atomic E-state index is 12.2. The molecular weight excluding hydrogens is 357 g/mol. The molecule has 1 aromatic carbocycles. The van der Waals surface area contributed by atoms with Gasteiger partial charge in [0.15, 0.2) is 0 Å². The molecular formula is C14H16INO3. The van der Waals surface area contributed by atoms with Crippen molar-refractivity contribution in [1.29, 1.82) is 0 Å². The van der Waals surface area contributed by atoms with Crippen molar-refractivity contribution < 1.29 is 14.7 Å². The monoisotopic (exact) mass is 373 g/mol. The Morgan fingerprint density at radius 1 is 1.11 bits per heavy atom. The van der Waals surface area contributed by atoms with E-state index in [0.29, 0.717) is 12.8 Å². The van der Waals surface area contributed by atoms with E-state index in [1.54, 1.807) is 0 Å². The van der Waals surface area contributed by atoms with Crippen molar-refractivity contribution in [2.45, 2.75) is 25.7 Å². The third-order valence-electron chi connectivity index (χ3n) is 3.53. The first kappa shape index (κ1) is 14.3. The maximum Gasteiger partial charge on any atom is 0.307 e. The van der Waals surface area contributed by atoms with E-state index in [2.05, 4.69) is 27.9 Å². The Morgan fingerprint density at radius 2 is 1.68 bits per heavy atom. The molecule has 2 rings (SSSR count). The number of amides is 1. The highest BCUT2D eigenvalue weighted by Gasteiger charge is 2.35. The molecule has 0 unspecified atom stereocenters. The number of carboxylic acids is 1. The van der Waals surface area contributed by atoms with Gasteiger partial charge in [0.25, 0.3) is 0 Å². The summed E-state index contributed by atoms with van der Waals surface area (Å²) in [5.41, 5.74) is 0.722. The minimum atomic E-state index is -0.859. The third-order valence-corrected chi connectivity index (χ3v) is 4.25. The molecule has 0 aromatic heterocycles. The smallest absolute Gasteiger partial charge is 0.307 e. The molecule has 0 heterocycles. The first-order valence-electron chi connectivity index (χ1n) is 6.37. The lowest BCUT2D eigenvalue weighted by atomic mass is 9.78. The van der Waals surface area contributed by atoms with Crippen LogP contribution in [0.4, 0.5) is 5.69 Å². The number of benzene rings is 1. The Bertz CT molecular complexity index is 472. The summed E-state index contributed by atoms with van der Waals surface area (Å²) in [6.45, 7) is 0. The van der Waals surface area contributed by atoms with Crippen molar-refractivity contribution >= 4 is 40.2 Å². The minimum absolute atomic E-state index is 0.173. The van der Waals surface area contributed by atoms with Crippen LogP contribution in [-0.4, -0.2) is 17.0 Å². The van der Waals surface area contributed by atoms with Crippen LogP contribution in [0.25, 0.3) is 0 Å². The van der Waals surface area contributed by atoms with Crippen molar-refractivity contribution in [3.63, 3.8) is 0 Å². The average Bonchev–Trinajstić information content (AvgIpc) is 2.41. The molecule has 1 aliphatic rings. The third kappa shape index (κ3) is 3.68. The lowest BCUT2D eigenvalue weighted by molar-refractivity contribution is -0.147. The molecule has 1 fully saturated rings. The topological polar surface area (TPSA) is 66.4 Å². The number of carbonyl (C=O) groups is 2. The zero-order valence-electron chi connectivity index (χ0n) is 10.4. The fourth-order valence-electron chi connectivity index (χ4n) is 2.51. The standard InChI is InChI=1S/C14H16INO3/c15-9-5-7-10(8-6-9)16-13(17)11-3-1-2-4-12(11)14(18)19/h5-8,11-12H,1-4H2,(H,16,17)(H,18,19)/t11-,12-/m0/s1. The average molecular weight is 373 g/mol. The van der Waals surface area contributed by atoms with E-state index in [4.69, 9.17) is 0 Å². The molecule has 0 aliphatic heterocycles. The molecule has 0 saturated heterocycles. The summed E-state index contributed by atoms with van der Waals surface area (Å²) < 4.78 is 1.09. The van der Waals surface area contributed by atoms with E-state index < -0.39 is 17.8 Å². The zero-order chi connectivity index (χ0) is 13.8. The molecule has 1 aliphatic carbocycles. The summed E-state index contributed by atoms with van der Waals surface area (Å²) in [5, 5.41) is 12.0. The number of hydrogen-bond acceptors (Lipinski definition) is 2. The highest BCUT2D eigenvalue weighted by molar-refractivity contribution is 14.1. The summed E-state index contributed by atoms with van der Waals surface area (Å²) in [6, 6.07) is 7.48. The predicted octanol–water partition coefficient (Wildman–Crippen LogP) is 3.12. The minimum Gasteiger partial charge on any atom is -0.481 e. The molecule has 5 heteroatoms. The normalized spacial score (nSPS) is 22.8. The van der Waals surface area contributed by atoms with Crippen LogP contribution < -0.4 is 5.32 Å². The summed E-state index contributed by atoms with van der Waals surface area (Å²) in [7, 11) is 0. The molecule has 4 nitrogen and oxygen atoms in total. The van der Waals surface area contributed by atoms with Crippen LogP contribution in [0.1, 0.15) is 25.7 Å². The Labute approximate surface area is 125 Å². The Balaban J connectivity index is 2.05. The number of hydrogen-bond donors (Lipinski definition) is 2. The van der Waals surface area contributed by atoms with Gasteiger partial charge >= 0.3 is 5.97 Å². The lowest BCUT2D eigenvalue weighted by Crippen LogP contribution is -2.36. The molecule has 2 N–H and O–H groups in total. The van der Waals surface area contributed by atoms with Crippen LogP contribution in [0, 0.1) is 15.4 Å². The molecule has 102 valence electrons. The fraction of sp³-hybridized carbons (Fsp3) is 0.429. The number of halogens is 1. The highest BCUT2D eigenvalue weighted by atomic mass is 127. The largest absolute Gasteiger partial charge is 0.481 e. The molecule has 0 radical (unpaired) electrons. The van der Waals surface area contributed by atoms with Gasteiger partial charge in [-0.25, -0.2) is 0 Å². The van der Waals surface area contributed by atoms with Gasteiger partial charge in [0.1, 0.15) is 0 Å². The van der Waals surface area contributed by atoms with Crippen molar-refractivity contribution in [3.05, 3.63) is 27.8 Å². The first-order valence-corrected chi connectivity index (χ1v) is 7.45. The second-order valence-corrected chi connectivity index (χ2v) is 6.08. The lowest BCUT2D eigenvalue weighted by Gasteiger charge is -2.27. The first-order chi connectivity index (χ1) is 9.08. The highest BCUT2D eigenvalue weighted by Crippen LogP contribution is 2.31. The van der Waals surface area contributed by atoms with Gasteiger partial charge in [0.05, 0.1) is 11.8 Å². The van der Waals surface area contributed by atoms with Crippen LogP contribution in [0.15, 0.2) is 24.3 Å². The number of nitrogens with one attached hydrogen (secondary N) is 1. The second kappa shape index (κ2) is 6.36. The summed E-state index contributed by atoms with van der Waals surface area (Å²) >= 11 is 2.19. The SMILES string of the molecule is O=C(O)[C@H]1CCCC[C@@H]1C(=O)Nc1ccc(I)cc1. The summed E-state index contributed by atoms with van der Waals surface area (Å²) in [5.74, 6) is -1.99. The van der Waals surface area contributed by atoms with Crippen molar-refractivity contribution in [3.8, 4) is 0 Å². The van der Waals surface area contributed by atoms with E-state index >= 15 is 0 Å². The Kier molecular flexibility index (Phi) is 4.79. The molecule has 0 bridgehead atoms. The van der Waals surface area contributed by atoms with Gasteiger partial charge in [0, 0.05) is 9.26 Å². The number of aliphatic carboxylic acids is 1. The van der Waals surface area contributed by atoms with Gasteiger partial charge in [0.2, 0.25) is 5.91 Å². The van der Waals surface area contributed by atoms with Gasteiger partial charge in [-0.15, -0.1) is 0 Å². The van der Waals surface area contributed by atoms with Gasteiger partial charge in [-0.3, -0.25) is 9.59 Å². The molecule has 0 spiro atoms. The number of carboxylic acid groups (broad SMARTS) is 1. The molecule has 1 saturated carbocycles. The van der Waals surface area contributed by atoms with Crippen molar-refractivity contribution in [2.24, 2.45) is 11.8 Å². The van der Waals surface area contributed by atoms with E-state index in [9.17, 15) is 14.7 Å². The van der Waals surface area contributed by atoms with E-state index in [1.807, 2.05) is 24.3 Å². The Hall–Kier alpha value is -1.11. The van der Waals surface area contributed by atoms with E-state index in [-0.39, 0.29) is 5.91 Å². The van der Waals surface area contributed by atoms with E-state index in [0.717, 1.165) is 22.1 Å². The van der Waals surface area contributed by atoms with Gasteiger partial charge < -0.3 is 10.4 Å². The summed E-state index contributed by atoms with van der Waals surface area (Å²) in [6.07, 6.45) is 3.08. The molecule has 1 aromatic rings. The fourth-order valence-corrected chi connectivity index (χ4v) is 2.87. The second-order valence-electron chi connectivity index (χ2n) is 4.83. The van der Waals surface area contributed by atoms with Gasteiger partial charge in [-0.1, -0.05) is 12.8 Å². The maximum atomic E-state index is 12.2. The van der Waals surface area contributed by atoms with E-state index in [1.165, 1.54) is 0 Å². The predicted molar refractivity (Wildman–Crippen MR) is 80.9 cm³/mol. The zero-order valence-corrected chi connectivity index (χ0v) is 12.6. The van der Waals surface area contributed by atoms with Crippen molar-refractivity contribution in [2.75, 3.05) is 5.32 Å². The van der Waals surface area contributed by atoms with Crippen molar-refractivity contribution in [1.82, 2.24) is 0 Å². The number of carbonyl (C=O) groups excluding carboxylic acids is 1. The summed E-state index contributed by atoms with van der Waals surface area (Å²) in [4.78, 5) is 23.4. The van der Waals surface area contributed by atoms with Crippen LogP contribution in [0.5, 0.6) is 0 Å². The number of rotatable bonds is 3. The van der Waals surface area contributed by atoms with Crippen LogP contribution >= 0.6 is 22.6 Å². The quantitative estimate of drug-likeness (QED) is 0.801. The van der Waals surface area contributed by atoms with Crippen LogP contribution in [0.2, 0.25) is 0 Å².